The first-order valence-corrected chi connectivity index (χ1v) is 6.76. The fourth-order valence-corrected chi connectivity index (χ4v) is 3.01. The number of aromatic nitrogens is 1. The molecule has 0 saturated carbocycles. The monoisotopic (exact) mass is 273 g/mol. The predicted octanol–water partition coefficient (Wildman–Crippen LogP) is 1.94. The van der Waals surface area contributed by atoms with Gasteiger partial charge in [0.15, 0.2) is 11.6 Å². The smallest absolute Gasteiger partial charge is 0.355 e. The molecule has 3 rings (SSSR count). The number of hydrogen-bond donors (Lipinski definition) is 0. The molecule has 104 valence electrons. The van der Waals surface area contributed by atoms with Crippen LogP contribution in [0.25, 0.3) is 0 Å². The topological polar surface area (TPSA) is 65.4 Å². The van der Waals surface area contributed by atoms with Crippen LogP contribution in [-0.4, -0.2) is 28.7 Å². The van der Waals surface area contributed by atoms with E-state index in [2.05, 4.69) is 0 Å². The number of ether oxygens (including phenoxy) is 1. The van der Waals surface area contributed by atoms with Crippen molar-refractivity contribution in [3.05, 3.63) is 34.2 Å². The van der Waals surface area contributed by atoms with Gasteiger partial charge in [-0.3, -0.25) is 9.59 Å². The minimum Gasteiger partial charge on any atom is -0.461 e. The molecule has 0 bridgehead atoms. The molecule has 2 aliphatic rings. The normalized spacial score (nSPS) is 16.8. The van der Waals surface area contributed by atoms with Gasteiger partial charge in [0.05, 0.1) is 17.7 Å². The van der Waals surface area contributed by atoms with Gasteiger partial charge >= 0.3 is 5.97 Å². The van der Waals surface area contributed by atoms with Crippen molar-refractivity contribution in [1.29, 1.82) is 0 Å². The maximum absolute atomic E-state index is 12.4. The van der Waals surface area contributed by atoms with Gasteiger partial charge in [0.1, 0.15) is 5.69 Å². The third-order valence-electron chi connectivity index (χ3n) is 3.81. The van der Waals surface area contributed by atoms with Gasteiger partial charge in [0.2, 0.25) is 0 Å². The van der Waals surface area contributed by atoms with Crippen molar-refractivity contribution in [3.63, 3.8) is 0 Å². The Morgan fingerprint density at radius 2 is 2.10 bits per heavy atom. The number of fused-ring (bicyclic) bond motifs is 3. The Labute approximate surface area is 116 Å². The van der Waals surface area contributed by atoms with Crippen LogP contribution in [0.2, 0.25) is 0 Å². The zero-order valence-electron chi connectivity index (χ0n) is 11.5. The van der Waals surface area contributed by atoms with Gasteiger partial charge in [0.25, 0.3) is 0 Å². The third kappa shape index (κ3) is 1.59. The summed E-state index contributed by atoms with van der Waals surface area (Å²) < 4.78 is 6.84. The molecule has 1 aromatic rings. The molecular formula is C15H15NO4. The summed E-state index contributed by atoms with van der Waals surface area (Å²) in [6, 6.07) is 0. The van der Waals surface area contributed by atoms with Crippen LogP contribution in [0.1, 0.15) is 57.2 Å². The van der Waals surface area contributed by atoms with E-state index in [1.165, 1.54) is 6.08 Å². The average Bonchev–Trinajstić information content (AvgIpc) is 2.95. The number of allylic oxidation sites excluding steroid dienone is 2. The Morgan fingerprint density at radius 1 is 1.35 bits per heavy atom. The molecule has 1 aromatic heterocycles. The summed E-state index contributed by atoms with van der Waals surface area (Å²) in [5, 5.41) is 0. The second kappa shape index (κ2) is 4.44. The van der Waals surface area contributed by atoms with Gasteiger partial charge in [0, 0.05) is 17.8 Å². The highest BCUT2D eigenvalue weighted by atomic mass is 16.5. The van der Waals surface area contributed by atoms with Gasteiger partial charge in [-0.25, -0.2) is 4.79 Å². The van der Waals surface area contributed by atoms with E-state index >= 15 is 0 Å². The zero-order valence-corrected chi connectivity index (χ0v) is 11.5. The van der Waals surface area contributed by atoms with Crippen LogP contribution >= 0.6 is 0 Å². The Kier molecular flexibility index (Phi) is 2.85. The van der Waals surface area contributed by atoms with Gasteiger partial charge in [-0.2, -0.15) is 0 Å². The summed E-state index contributed by atoms with van der Waals surface area (Å²) in [5.41, 5.74) is 2.06. The Bertz CT molecular complexity index is 679. The van der Waals surface area contributed by atoms with Crippen LogP contribution in [0.5, 0.6) is 0 Å². The van der Waals surface area contributed by atoms with Crippen molar-refractivity contribution in [2.75, 3.05) is 6.61 Å². The average molecular weight is 273 g/mol. The van der Waals surface area contributed by atoms with E-state index in [1.54, 1.807) is 18.4 Å². The largest absolute Gasteiger partial charge is 0.461 e. The molecule has 0 radical (unpaired) electrons. The second-order valence-electron chi connectivity index (χ2n) is 5.04. The van der Waals surface area contributed by atoms with Crippen molar-refractivity contribution in [2.24, 2.45) is 0 Å². The van der Waals surface area contributed by atoms with Crippen LogP contribution in [0, 0.1) is 0 Å². The van der Waals surface area contributed by atoms with E-state index in [4.69, 9.17) is 4.74 Å². The zero-order chi connectivity index (χ0) is 14.4. The van der Waals surface area contributed by atoms with Crippen LogP contribution in [0.4, 0.5) is 0 Å². The van der Waals surface area contributed by atoms with Crippen molar-refractivity contribution in [1.82, 2.24) is 4.57 Å². The summed E-state index contributed by atoms with van der Waals surface area (Å²) in [6.45, 7) is 4.21. The van der Waals surface area contributed by atoms with Crippen molar-refractivity contribution < 1.29 is 19.1 Å². The first kappa shape index (κ1) is 12.8. The molecule has 0 fully saturated rings. The van der Waals surface area contributed by atoms with Crippen molar-refractivity contribution in [2.45, 2.75) is 33.2 Å². The third-order valence-corrected chi connectivity index (χ3v) is 3.81. The lowest BCUT2D eigenvalue weighted by Crippen LogP contribution is -2.20. The van der Waals surface area contributed by atoms with Crippen LogP contribution in [-0.2, 0) is 17.7 Å². The predicted molar refractivity (Wildman–Crippen MR) is 71.1 cm³/mol. The molecule has 20 heavy (non-hydrogen) atoms. The van der Waals surface area contributed by atoms with Gasteiger partial charge in [-0.15, -0.1) is 0 Å². The highest BCUT2D eigenvalue weighted by molar-refractivity contribution is 6.27. The highest BCUT2D eigenvalue weighted by Crippen LogP contribution is 2.34. The molecule has 0 amide bonds. The number of carbonyl (C=O) groups is 3. The number of nitrogens with zero attached hydrogens (tertiary/aromatic N) is 1. The molecule has 5 nitrogen and oxygen atoms in total. The summed E-state index contributed by atoms with van der Waals surface area (Å²) in [6.07, 6.45) is 2.95. The molecule has 0 atom stereocenters. The molecule has 2 heterocycles. The van der Waals surface area contributed by atoms with E-state index < -0.39 is 5.97 Å². The fraction of sp³-hybridized carbons (Fsp3) is 0.400. The Balaban J connectivity index is 2.27. The summed E-state index contributed by atoms with van der Waals surface area (Å²) in [4.78, 5) is 36.7. The van der Waals surface area contributed by atoms with Gasteiger partial charge in [-0.1, -0.05) is 0 Å². The van der Waals surface area contributed by atoms with E-state index in [1.807, 2.05) is 0 Å². The first-order valence-electron chi connectivity index (χ1n) is 6.76. The number of esters is 1. The molecule has 1 aliphatic heterocycles. The molecular weight excluding hydrogens is 258 g/mol. The molecule has 0 saturated heterocycles. The second-order valence-corrected chi connectivity index (χ2v) is 5.04. The molecule has 1 aliphatic carbocycles. The number of carbonyl (C=O) groups excluding carboxylic acids is 3. The van der Waals surface area contributed by atoms with E-state index in [-0.39, 0.29) is 29.4 Å². The Morgan fingerprint density at radius 3 is 2.80 bits per heavy atom. The lowest BCUT2D eigenvalue weighted by atomic mass is 9.89. The van der Waals surface area contributed by atoms with E-state index in [0.29, 0.717) is 24.1 Å². The van der Waals surface area contributed by atoms with Gasteiger partial charge in [-0.05, 0) is 32.8 Å². The Hall–Kier alpha value is -2.17. The number of Topliss-reactive ketones (excluding diaryl/α,β-unsaturated/α-hetero) is 1. The molecule has 0 aromatic carbocycles. The highest BCUT2D eigenvalue weighted by Gasteiger charge is 2.38. The SMILES string of the molecule is CCOC(=O)c1c2c(c3n1CCC3)C(=O)C=C(C)C2=O. The standard InChI is InChI=1S/C15H15NO4/c1-3-20-15(19)13-12-11(9-5-4-6-16(9)13)10(17)7-8(2)14(12)18/h7H,3-6H2,1-2H3. The number of ketones is 2. The number of rotatable bonds is 2. The number of hydrogen-bond acceptors (Lipinski definition) is 4. The van der Waals surface area contributed by atoms with Crippen molar-refractivity contribution in [3.8, 4) is 0 Å². The van der Waals surface area contributed by atoms with Crippen molar-refractivity contribution >= 4 is 17.5 Å². The summed E-state index contributed by atoms with van der Waals surface area (Å²) in [7, 11) is 0. The summed E-state index contributed by atoms with van der Waals surface area (Å²) in [5.74, 6) is -0.949. The maximum atomic E-state index is 12.4. The molecule has 0 N–H and O–H groups in total. The van der Waals surface area contributed by atoms with E-state index in [0.717, 1.165) is 12.1 Å². The van der Waals surface area contributed by atoms with Crippen LogP contribution in [0.3, 0.4) is 0 Å². The quantitative estimate of drug-likeness (QED) is 0.772. The maximum Gasteiger partial charge on any atom is 0.355 e. The minimum atomic E-state index is -0.521. The molecule has 0 unspecified atom stereocenters. The molecule has 5 heteroatoms. The van der Waals surface area contributed by atoms with Gasteiger partial charge < -0.3 is 9.30 Å². The molecule has 0 spiro atoms. The lowest BCUT2D eigenvalue weighted by Gasteiger charge is -2.11. The lowest BCUT2D eigenvalue weighted by molar-refractivity contribution is 0.0511. The van der Waals surface area contributed by atoms with Crippen LogP contribution in [0.15, 0.2) is 11.6 Å². The minimum absolute atomic E-state index is 0.182. The summed E-state index contributed by atoms with van der Waals surface area (Å²) >= 11 is 0. The van der Waals surface area contributed by atoms with E-state index in [9.17, 15) is 14.4 Å². The fourth-order valence-electron chi connectivity index (χ4n) is 3.01. The first-order chi connectivity index (χ1) is 9.56. The van der Waals surface area contributed by atoms with Crippen LogP contribution < -0.4 is 0 Å².